The van der Waals surface area contributed by atoms with Crippen LogP contribution in [0.4, 0.5) is 0 Å². The van der Waals surface area contributed by atoms with Crippen molar-refractivity contribution in [3.8, 4) is 0 Å². The third-order valence-electron chi connectivity index (χ3n) is 3.67. The number of ketones is 1. The SMILES string of the molecule is CCCCCC=CC(=O)C[C@@H]1O[C@H](CO)[C@@H](O)[C@H](O)[C@H]1O. The van der Waals surface area contributed by atoms with Crippen LogP contribution in [0.5, 0.6) is 0 Å². The predicted molar refractivity (Wildman–Crippen MR) is 76.7 cm³/mol. The highest BCUT2D eigenvalue weighted by atomic mass is 16.5. The zero-order valence-corrected chi connectivity index (χ0v) is 12.4. The van der Waals surface area contributed by atoms with E-state index in [1.165, 1.54) is 6.08 Å². The van der Waals surface area contributed by atoms with E-state index in [4.69, 9.17) is 9.84 Å². The Hall–Kier alpha value is -0.790. The molecule has 0 amide bonds. The summed E-state index contributed by atoms with van der Waals surface area (Å²) in [5.41, 5.74) is 0. The Labute approximate surface area is 125 Å². The molecule has 1 aliphatic rings. The second kappa shape index (κ2) is 9.27. The number of aliphatic hydroxyl groups excluding tert-OH is 4. The maximum absolute atomic E-state index is 11.8. The van der Waals surface area contributed by atoms with E-state index in [2.05, 4.69) is 6.92 Å². The normalized spacial score (nSPS) is 33.5. The number of hydrogen-bond donors (Lipinski definition) is 4. The van der Waals surface area contributed by atoms with Crippen LogP contribution < -0.4 is 0 Å². The standard InChI is InChI=1S/C15H26O6/c1-2-3-4-5-6-7-10(17)8-11-13(18)15(20)14(19)12(9-16)21-11/h6-7,11-16,18-20H,2-5,8-9H2,1H3/t11-,12+,13-,14+,15+/m0/s1. The molecule has 1 saturated heterocycles. The van der Waals surface area contributed by atoms with Crippen molar-refractivity contribution in [1.29, 1.82) is 0 Å². The molecule has 0 aromatic rings. The molecule has 0 aliphatic carbocycles. The third kappa shape index (κ3) is 5.48. The fourth-order valence-electron chi connectivity index (χ4n) is 2.34. The molecule has 5 atom stereocenters. The molecule has 122 valence electrons. The van der Waals surface area contributed by atoms with Crippen LogP contribution in [-0.4, -0.2) is 63.3 Å². The van der Waals surface area contributed by atoms with E-state index in [0.29, 0.717) is 0 Å². The van der Waals surface area contributed by atoms with Gasteiger partial charge in [-0.15, -0.1) is 0 Å². The van der Waals surface area contributed by atoms with Gasteiger partial charge in [0, 0.05) is 6.42 Å². The maximum Gasteiger partial charge on any atom is 0.158 e. The first-order valence-electron chi connectivity index (χ1n) is 7.51. The van der Waals surface area contributed by atoms with Gasteiger partial charge in [-0.2, -0.15) is 0 Å². The van der Waals surface area contributed by atoms with Gasteiger partial charge in [0.05, 0.1) is 12.7 Å². The van der Waals surface area contributed by atoms with Crippen LogP contribution in [0.15, 0.2) is 12.2 Å². The van der Waals surface area contributed by atoms with E-state index in [9.17, 15) is 20.1 Å². The van der Waals surface area contributed by atoms with E-state index in [1.807, 2.05) is 0 Å². The lowest BCUT2D eigenvalue weighted by atomic mass is 9.92. The molecule has 0 unspecified atom stereocenters. The fraction of sp³-hybridized carbons (Fsp3) is 0.800. The van der Waals surface area contributed by atoms with Crippen LogP contribution in [0.1, 0.15) is 39.0 Å². The fourth-order valence-corrected chi connectivity index (χ4v) is 2.34. The van der Waals surface area contributed by atoms with Crippen molar-refractivity contribution in [2.75, 3.05) is 6.61 Å². The van der Waals surface area contributed by atoms with Crippen molar-refractivity contribution in [3.63, 3.8) is 0 Å². The second-order valence-electron chi connectivity index (χ2n) is 5.44. The Morgan fingerprint density at radius 1 is 1.10 bits per heavy atom. The Morgan fingerprint density at radius 2 is 1.76 bits per heavy atom. The highest BCUT2D eigenvalue weighted by Gasteiger charge is 2.43. The lowest BCUT2D eigenvalue weighted by Gasteiger charge is -2.39. The van der Waals surface area contributed by atoms with Gasteiger partial charge in [0.1, 0.15) is 24.4 Å². The highest BCUT2D eigenvalue weighted by Crippen LogP contribution is 2.23. The van der Waals surface area contributed by atoms with Crippen molar-refractivity contribution in [2.45, 2.75) is 69.5 Å². The third-order valence-corrected chi connectivity index (χ3v) is 3.67. The van der Waals surface area contributed by atoms with Crippen molar-refractivity contribution in [2.24, 2.45) is 0 Å². The predicted octanol–water partition coefficient (Wildman–Crippen LogP) is -0.0755. The number of aliphatic hydroxyl groups is 4. The van der Waals surface area contributed by atoms with Crippen LogP contribution in [0.3, 0.4) is 0 Å². The number of ether oxygens (including phenoxy) is 1. The molecule has 1 aliphatic heterocycles. The van der Waals surface area contributed by atoms with E-state index < -0.39 is 37.1 Å². The summed E-state index contributed by atoms with van der Waals surface area (Å²) in [6.07, 6.45) is 1.20. The summed E-state index contributed by atoms with van der Waals surface area (Å²) in [6, 6.07) is 0. The topological polar surface area (TPSA) is 107 Å². The average molecular weight is 302 g/mol. The van der Waals surface area contributed by atoms with Crippen LogP contribution in [0.2, 0.25) is 0 Å². The zero-order chi connectivity index (χ0) is 15.8. The minimum absolute atomic E-state index is 0.0915. The molecule has 0 saturated carbocycles. The maximum atomic E-state index is 11.8. The summed E-state index contributed by atoms with van der Waals surface area (Å²) in [5, 5.41) is 38.2. The number of rotatable bonds is 8. The molecule has 1 rings (SSSR count). The molecule has 1 fully saturated rings. The van der Waals surface area contributed by atoms with Gasteiger partial charge in [-0.1, -0.05) is 25.8 Å². The van der Waals surface area contributed by atoms with Crippen molar-refractivity contribution >= 4 is 5.78 Å². The minimum atomic E-state index is -1.43. The number of unbranched alkanes of at least 4 members (excludes halogenated alkanes) is 3. The Balaban J connectivity index is 2.47. The molecule has 6 heteroatoms. The number of carbonyl (C=O) groups is 1. The van der Waals surface area contributed by atoms with Crippen molar-refractivity contribution in [3.05, 3.63) is 12.2 Å². The van der Waals surface area contributed by atoms with E-state index in [0.717, 1.165) is 25.7 Å². The highest BCUT2D eigenvalue weighted by molar-refractivity contribution is 5.90. The number of hydrogen-bond acceptors (Lipinski definition) is 6. The van der Waals surface area contributed by atoms with Crippen molar-refractivity contribution < 1.29 is 30.0 Å². The first-order valence-corrected chi connectivity index (χ1v) is 7.51. The van der Waals surface area contributed by atoms with Gasteiger partial charge < -0.3 is 25.2 Å². The molecule has 0 aromatic heterocycles. The lowest BCUT2D eigenvalue weighted by Crippen LogP contribution is -2.58. The lowest BCUT2D eigenvalue weighted by molar-refractivity contribution is -0.229. The van der Waals surface area contributed by atoms with Crippen LogP contribution in [0.25, 0.3) is 0 Å². The molecule has 0 radical (unpaired) electrons. The summed E-state index contributed by atoms with van der Waals surface area (Å²) >= 11 is 0. The second-order valence-corrected chi connectivity index (χ2v) is 5.44. The summed E-state index contributed by atoms with van der Waals surface area (Å²) in [4.78, 5) is 11.8. The molecular weight excluding hydrogens is 276 g/mol. The molecule has 21 heavy (non-hydrogen) atoms. The molecular formula is C15H26O6. The first kappa shape index (κ1) is 18.3. The van der Waals surface area contributed by atoms with E-state index in [1.54, 1.807) is 6.08 Å². The monoisotopic (exact) mass is 302 g/mol. The quantitative estimate of drug-likeness (QED) is 0.369. The minimum Gasteiger partial charge on any atom is -0.394 e. The zero-order valence-electron chi connectivity index (χ0n) is 12.4. The van der Waals surface area contributed by atoms with Gasteiger partial charge in [0.25, 0.3) is 0 Å². The van der Waals surface area contributed by atoms with Crippen LogP contribution in [-0.2, 0) is 9.53 Å². The van der Waals surface area contributed by atoms with Gasteiger partial charge in [-0.25, -0.2) is 0 Å². The van der Waals surface area contributed by atoms with E-state index in [-0.39, 0.29) is 12.2 Å². The smallest absolute Gasteiger partial charge is 0.158 e. The van der Waals surface area contributed by atoms with Gasteiger partial charge in [-0.05, 0) is 18.9 Å². The molecule has 0 spiro atoms. The van der Waals surface area contributed by atoms with Gasteiger partial charge in [-0.3, -0.25) is 4.79 Å². The molecule has 1 heterocycles. The van der Waals surface area contributed by atoms with Gasteiger partial charge in [0.15, 0.2) is 5.78 Å². The molecule has 0 bridgehead atoms. The summed E-state index contributed by atoms with van der Waals surface area (Å²) in [7, 11) is 0. The summed E-state index contributed by atoms with van der Waals surface area (Å²) < 4.78 is 5.28. The average Bonchev–Trinajstić information content (AvgIpc) is 2.47. The molecule has 6 nitrogen and oxygen atoms in total. The number of allylic oxidation sites excluding steroid dienone is 2. The largest absolute Gasteiger partial charge is 0.394 e. The van der Waals surface area contributed by atoms with Crippen LogP contribution in [0, 0.1) is 0 Å². The molecule has 4 N–H and O–H groups in total. The van der Waals surface area contributed by atoms with Gasteiger partial charge in [0.2, 0.25) is 0 Å². The van der Waals surface area contributed by atoms with Crippen molar-refractivity contribution in [1.82, 2.24) is 0 Å². The summed E-state index contributed by atoms with van der Waals surface area (Å²) in [5.74, 6) is -0.212. The Bertz CT molecular complexity index is 341. The first-order chi connectivity index (χ1) is 10.0. The Morgan fingerprint density at radius 3 is 2.38 bits per heavy atom. The molecule has 0 aromatic carbocycles. The van der Waals surface area contributed by atoms with E-state index >= 15 is 0 Å². The van der Waals surface area contributed by atoms with Gasteiger partial charge >= 0.3 is 0 Å². The Kier molecular flexibility index (Phi) is 8.06. The van der Waals surface area contributed by atoms with Crippen LogP contribution >= 0.6 is 0 Å². The summed E-state index contributed by atoms with van der Waals surface area (Å²) in [6.45, 7) is 1.62. The number of carbonyl (C=O) groups excluding carboxylic acids is 1.